The van der Waals surface area contributed by atoms with Crippen LogP contribution in [0.2, 0.25) is 0 Å². The van der Waals surface area contributed by atoms with Gasteiger partial charge in [0.15, 0.2) is 0 Å². The van der Waals surface area contributed by atoms with E-state index >= 15 is 0 Å². The van der Waals surface area contributed by atoms with Crippen molar-refractivity contribution in [2.45, 2.75) is 19.3 Å². The maximum absolute atomic E-state index is 12.4. The number of nitrogens with zero attached hydrogens (tertiary/aromatic N) is 4. The van der Waals surface area contributed by atoms with E-state index in [9.17, 15) is 19.7 Å². The SMILES string of the molecule is CN1C(=O)C(C)(C)c2cc(NC(=O)c3cnccn3)c([N+](=O)[O-])cc21. The van der Waals surface area contributed by atoms with Crippen LogP contribution in [0.5, 0.6) is 0 Å². The Morgan fingerprint density at radius 1 is 1.32 bits per heavy atom. The maximum atomic E-state index is 12.4. The summed E-state index contributed by atoms with van der Waals surface area (Å²) >= 11 is 0. The van der Waals surface area contributed by atoms with Gasteiger partial charge in [0.2, 0.25) is 5.91 Å². The first-order valence-corrected chi connectivity index (χ1v) is 7.42. The number of nitrogens with one attached hydrogen (secondary N) is 1. The summed E-state index contributed by atoms with van der Waals surface area (Å²) in [6, 6.07) is 2.78. The second-order valence-corrected chi connectivity index (χ2v) is 6.18. The topological polar surface area (TPSA) is 118 Å². The van der Waals surface area contributed by atoms with E-state index in [2.05, 4.69) is 15.3 Å². The van der Waals surface area contributed by atoms with Gasteiger partial charge in [-0.2, -0.15) is 0 Å². The molecule has 9 heteroatoms. The number of hydrogen-bond acceptors (Lipinski definition) is 6. The van der Waals surface area contributed by atoms with E-state index in [1.54, 1.807) is 20.9 Å². The van der Waals surface area contributed by atoms with Crippen molar-refractivity contribution in [1.82, 2.24) is 9.97 Å². The van der Waals surface area contributed by atoms with Crippen molar-refractivity contribution in [3.8, 4) is 0 Å². The number of anilines is 2. The number of carbonyl (C=O) groups excluding carboxylic acids is 2. The Bertz CT molecular complexity index is 895. The van der Waals surface area contributed by atoms with Crippen molar-refractivity contribution >= 4 is 28.9 Å². The van der Waals surface area contributed by atoms with Gasteiger partial charge in [-0.25, -0.2) is 4.98 Å². The average molecular weight is 341 g/mol. The summed E-state index contributed by atoms with van der Waals surface area (Å²) < 4.78 is 0. The standard InChI is InChI=1S/C16H15N5O4/c1-16(2)9-6-10(19-14(22)11-8-17-4-5-18-11)13(21(24)25)7-12(9)20(3)15(16)23/h4-8H,1-3H3,(H,19,22). The molecule has 0 aliphatic carbocycles. The van der Waals surface area contributed by atoms with Crippen molar-refractivity contribution in [3.05, 3.63) is 52.1 Å². The highest BCUT2D eigenvalue weighted by atomic mass is 16.6. The van der Waals surface area contributed by atoms with E-state index in [0.717, 1.165) is 0 Å². The highest BCUT2D eigenvalue weighted by Crippen LogP contribution is 2.45. The second kappa shape index (κ2) is 5.62. The Hall–Kier alpha value is -3.36. The largest absolute Gasteiger partial charge is 0.315 e. The summed E-state index contributed by atoms with van der Waals surface area (Å²) in [6.07, 6.45) is 4.02. The summed E-state index contributed by atoms with van der Waals surface area (Å²) in [4.78, 5) is 44.5. The number of nitro groups is 1. The normalized spacial score (nSPS) is 15.0. The van der Waals surface area contributed by atoms with Gasteiger partial charge in [0.25, 0.3) is 11.6 Å². The van der Waals surface area contributed by atoms with Crippen molar-refractivity contribution in [2.24, 2.45) is 0 Å². The van der Waals surface area contributed by atoms with E-state index < -0.39 is 16.2 Å². The number of benzene rings is 1. The highest BCUT2D eigenvalue weighted by Gasteiger charge is 2.44. The van der Waals surface area contributed by atoms with Gasteiger partial charge >= 0.3 is 0 Å². The fourth-order valence-corrected chi connectivity index (χ4v) is 2.85. The molecule has 0 fully saturated rings. The van der Waals surface area contributed by atoms with Crippen LogP contribution in [0, 0.1) is 10.1 Å². The molecule has 0 spiro atoms. The van der Waals surface area contributed by atoms with Gasteiger partial charge in [-0.1, -0.05) is 0 Å². The maximum Gasteiger partial charge on any atom is 0.294 e. The first-order valence-electron chi connectivity index (χ1n) is 7.42. The van der Waals surface area contributed by atoms with Crippen molar-refractivity contribution < 1.29 is 14.5 Å². The lowest BCUT2D eigenvalue weighted by atomic mass is 9.86. The number of aromatic nitrogens is 2. The van der Waals surface area contributed by atoms with Crippen molar-refractivity contribution in [3.63, 3.8) is 0 Å². The van der Waals surface area contributed by atoms with E-state index in [-0.39, 0.29) is 23.0 Å². The number of fused-ring (bicyclic) bond motifs is 1. The van der Waals surface area contributed by atoms with Crippen LogP contribution in [0.4, 0.5) is 17.1 Å². The molecule has 1 aromatic heterocycles. The van der Waals surface area contributed by atoms with Crippen LogP contribution in [0.1, 0.15) is 29.9 Å². The lowest BCUT2D eigenvalue weighted by Gasteiger charge is -2.16. The van der Waals surface area contributed by atoms with Gasteiger partial charge in [-0.05, 0) is 25.5 Å². The van der Waals surface area contributed by atoms with E-state index in [0.29, 0.717) is 11.3 Å². The molecule has 0 unspecified atom stereocenters. The molecule has 2 amide bonds. The van der Waals surface area contributed by atoms with Crippen LogP contribution >= 0.6 is 0 Å². The predicted molar refractivity (Wildman–Crippen MR) is 89.5 cm³/mol. The smallest absolute Gasteiger partial charge is 0.294 e. The van der Waals surface area contributed by atoms with Crippen LogP contribution in [0.3, 0.4) is 0 Å². The number of nitro benzene ring substituents is 1. The predicted octanol–water partition coefficient (Wildman–Crippen LogP) is 1.89. The zero-order valence-electron chi connectivity index (χ0n) is 13.8. The molecule has 2 heterocycles. The Morgan fingerprint density at radius 3 is 2.64 bits per heavy atom. The summed E-state index contributed by atoms with van der Waals surface area (Å²) in [7, 11) is 1.57. The van der Waals surface area contributed by atoms with Crippen LogP contribution < -0.4 is 10.2 Å². The number of amides is 2. The monoisotopic (exact) mass is 341 g/mol. The molecule has 1 aliphatic heterocycles. The molecule has 2 aromatic rings. The van der Waals surface area contributed by atoms with Crippen molar-refractivity contribution in [1.29, 1.82) is 0 Å². The molecule has 3 rings (SSSR count). The third kappa shape index (κ3) is 2.59. The van der Waals surface area contributed by atoms with Gasteiger partial charge in [-0.3, -0.25) is 24.7 Å². The zero-order chi connectivity index (χ0) is 18.4. The van der Waals surface area contributed by atoms with Crippen LogP contribution in [0.15, 0.2) is 30.7 Å². The van der Waals surface area contributed by atoms with Crippen LogP contribution in [-0.2, 0) is 10.2 Å². The lowest BCUT2D eigenvalue weighted by Crippen LogP contribution is -2.33. The van der Waals surface area contributed by atoms with E-state index in [1.165, 1.54) is 35.6 Å². The molecular formula is C16H15N5O4. The molecule has 0 atom stereocenters. The fourth-order valence-electron chi connectivity index (χ4n) is 2.85. The summed E-state index contributed by atoms with van der Waals surface area (Å²) in [5.74, 6) is -0.791. The van der Waals surface area contributed by atoms with Gasteiger partial charge in [0.05, 0.1) is 22.2 Å². The van der Waals surface area contributed by atoms with E-state index in [1.807, 2.05) is 0 Å². The summed E-state index contributed by atoms with van der Waals surface area (Å²) in [5.41, 5.74) is -0.0291. The molecule has 0 radical (unpaired) electrons. The van der Waals surface area contributed by atoms with Gasteiger partial charge in [0.1, 0.15) is 11.4 Å². The first kappa shape index (κ1) is 16.5. The fraction of sp³-hybridized carbons (Fsp3) is 0.250. The molecule has 1 aromatic carbocycles. The first-order chi connectivity index (χ1) is 11.7. The third-order valence-corrected chi connectivity index (χ3v) is 4.23. The Balaban J connectivity index is 2.08. The van der Waals surface area contributed by atoms with Crippen molar-refractivity contribution in [2.75, 3.05) is 17.3 Å². The van der Waals surface area contributed by atoms with Gasteiger partial charge in [-0.15, -0.1) is 0 Å². The van der Waals surface area contributed by atoms with Gasteiger partial charge in [0, 0.05) is 25.5 Å². The molecular weight excluding hydrogens is 326 g/mol. The molecule has 0 bridgehead atoms. The molecule has 9 nitrogen and oxygen atoms in total. The summed E-state index contributed by atoms with van der Waals surface area (Å²) in [6.45, 7) is 3.47. The molecule has 0 saturated carbocycles. The third-order valence-electron chi connectivity index (χ3n) is 4.23. The average Bonchev–Trinajstić information content (AvgIpc) is 2.75. The Morgan fingerprint density at radius 2 is 2.04 bits per heavy atom. The quantitative estimate of drug-likeness (QED) is 0.673. The molecule has 0 saturated heterocycles. The lowest BCUT2D eigenvalue weighted by molar-refractivity contribution is -0.383. The molecule has 1 aliphatic rings. The highest BCUT2D eigenvalue weighted by molar-refractivity contribution is 6.09. The minimum absolute atomic E-state index is 0.00979. The second-order valence-electron chi connectivity index (χ2n) is 6.18. The number of carbonyl (C=O) groups is 2. The number of likely N-dealkylation sites (N-methyl/N-ethyl adjacent to an activating group) is 1. The minimum atomic E-state index is -0.842. The van der Waals surface area contributed by atoms with Crippen LogP contribution in [-0.4, -0.2) is 33.8 Å². The molecule has 1 N–H and O–H groups in total. The summed E-state index contributed by atoms with van der Waals surface area (Å²) in [5, 5.41) is 13.9. The number of hydrogen-bond donors (Lipinski definition) is 1. The molecule has 25 heavy (non-hydrogen) atoms. The zero-order valence-corrected chi connectivity index (χ0v) is 13.8. The van der Waals surface area contributed by atoms with Gasteiger partial charge < -0.3 is 10.2 Å². The Labute approximate surface area is 142 Å². The van der Waals surface area contributed by atoms with Crippen LogP contribution in [0.25, 0.3) is 0 Å². The molecule has 128 valence electrons. The minimum Gasteiger partial charge on any atom is -0.315 e. The van der Waals surface area contributed by atoms with E-state index in [4.69, 9.17) is 0 Å². The number of rotatable bonds is 3. The Kier molecular flexibility index (Phi) is 3.71.